The van der Waals surface area contributed by atoms with Crippen molar-refractivity contribution in [2.45, 2.75) is 6.42 Å². The number of hydrogen-bond donors (Lipinski definition) is 1. The second kappa shape index (κ2) is 7.56. The highest BCUT2D eigenvalue weighted by Crippen LogP contribution is 2.30. The lowest BCUT2D eigenvalue weighted by atomic mass is 10.0. The minimum absolute atomic E-state index is 0.181. The van der Waals surface area contributed by atoms with Gasteiger partial charge in [-0.05, 0) is 42.0 Å². The summed E-state index contributed by atoms with van der Waals surface area (Å²) in [5.41, 5.74) is 2.61. The van der Waals surface area contributed by atoms with Crippen molar-refractivity contribution < 1.29 is 13.9 Å². The Kier molecular flexibility index (Phi) is 4.81. The van der Waals surface area contributed by atoms with Crippen LogP contribution in [0.5, 0.6) is 5.75 Å². The first-order chi connectivity index (χ1) is 13.6. The summed E-state index contributed by atoms with van der Waals surface area (Å²) in [7, 11) is 0. The number of rotatable bonds is 4. The third-order valence-electron chi connectivity index (χ3n) is 4.44. The number of phenolic OH excluding ortho intramolecular Hbond substituents is 1. The highest BCUT2D eigenvalue weighted by Gasteiger charge is 2.15. The predicted molar refractivity (Wildman–Crippen MR) is 104 cm³/mol. The van der Waals surface area contributed by atoms with E-state index in [0.717, 1.165) is 11.6 Å². The van der Waals surface area contributed by atoms with Crippen LogP contribution in [0.3, 0.4) is 0 Å². The zero-order valence-electron chi connectivity index (χ0n) is 14.8. The molecule has 0 bridgehead atoms. The first-order valence-electron chi connectivity index (χ1n) is 8.75. The SMILES string of the molecule is Oc1ccccc1Cc1cccc(-c2cc(-c3ccccn3)c(F)cc2F)n1. The van der Waals surface area contributed by atoms with Gasteiger partial charge in [0.15, 0.2) is 0 Å². The summed E-state index contributed by atoms with van der Waals surface area (Å²) in [6.45, 7) is 0. The van der Waals surface area contributed by atoms with Crippen molar-refractivity contribution in [1.82, 2.24) is 9.97 Å². The van der Waals surface area contributed by atoms with Gasteiger partial charge in [-0.15, -0.1) is 0 Å². The van der Waals surface area contributed by atoms with Crippen LogP contribution in [0.2, 0.25) is 0 Å². The average Bonchev–Trinajstić information content (AvgIpc) is 2.71. The molecule has 0 amide bonds. The molecule has 4 aromatic rings. The molecule has 0 unspecified atom stereocenters. The summed E-state index contributed by atoms with van der Waals surface area (Å²) in [6, 6.07) is 19.7. The first-order valence-corrected chi connectivity index (χ1v) is 8.75. The summed E-state index contributed by atoms with van der Waals surface area (Å²) in [5, 5.41) is 9.96. The van der Waals surface area contributed by atoms with Gasteiger partial charge in [-0.2, -0.15) is 0 Å². The van der Waals surface area contributed by atoms with E-state index in [1.165, 1.54) is 6.07 Å². The lowest BCUT2D eigenvalue weighted by molar-refractivity contribution is 0.469. The molecule has 0 aliphatic heterocycles. The van der Waals surface area contributed by atoms with E-state index < -0.39 is 11.6 Å². The van der Waals surface area contributed by atoms with Crippen molar-refractivity contribution in [2.75, 3.05) is 0 Å². The lowest BCUT2D eigenvalue weighted by Crippen LogP contribution is -1.97. The van der Waals surface area contributed by atoms with Crippen LogP contribution < -0.4 is 0 Å². The van der Waals surface area contributed by atoms with Gasteiger partial charge < -0.3 is 5.11 Å². The van der Waals surface area contributed by atoms with Crippen molar-refractivity contribution in [3.8, 4) is 28.3 Å². The second-order valence-corrected chi connectivity index (χ2v) is 6.35. The topological polar surface area (TPSA) is 46.0 Å². The van der Waals surface area contributed by atoms with E-state index in [1.54, 1.807) is 60.8 Å². The van der Waals surface area contributed by atoms with Gasteiger partial charge in [-0.3, -0.25) is 9.97 Å². The summed E-state index contributed by atoms with van der Waals surface area (Å²) in [6.07, 6.45) is 1.96. The summed E-state index contributed by atoms with van der Waals surface area (Å²) in [5.74, 6) is -1.19. The fourth-order valence-corrected chi connectivity index (χ4v) is 3.05. The number of benzene rings is 2. The van der Waals surface area contributed by atoms with Gasteiger partial charge in [0.2, 0.25) is 0 Å². The molecule has 1 N–H and O–H groups in total. The number of hydrogen-bond acceptors (Lipinski definition) is 3. The molecular weight excluding hydrogens is 358 g/mol. The van der Waals surface area contributed by atoms with Crippen molar-refractivity contribution in [1.29, 1.82) is 0 Å². The molecule has 0 radical (unpaired) electrons. The Hall–Kier alpha value is -3.60. The third kappa shape index (κ3) is 3.60. The average molecular weight is 374 g/mol. The monoisotopic (exact) mass is 374 g/mol. The molecule has 0 aliphatic carbocycles. The zero-order valence-corrected chi connectivity index (χ0v) is 14.8. The Morgan fingerprint density at radius 1 is 0.750 bits per heavy atom. The highest BCUT2D eigenvalue weighted by molar-refractivity contribution is 5.70. The molecule has 2 aromatic heterocycles. The van der Waals surface area contributed by atoms with Crippen LogP contribution in [-0.4, -0.2) is 15.1 Å². The Morgan fingerprint density at radius 2 is 1.46 bits per heavy atom. The van der Waals surface area contributed by atoms with E-state index in [0.29, 0.717) is 23.5 Å². The number of aromatic hydroxyl groups is 1. The highest BCUT2D eigenvalue weighted by atomic mass is 19.1. The maximum Gasteiger partial charge on any atom is 0.135 e. The number of halogens is 2. The van der Waals surface area contributed by atoms with Gasteiger partial charge in [0.05, 0.1) is 11.4 Å². The molecule has 0 aliphatic rings. The standard InChI is InChI=1S/C23H16F2N2O/c24-19-14-20(25)18(13-17(19)21-8-3-4-11-26-21)22-9-5-7-16(27-22)12-15-6-1-2-10-23(15)28/h1-11,13-14,28H,12H2. The van der Waals surface area contributed by atoms with Crippen LogP contribution in [0.4, 0.5) is 8.78 Å². The second-order valence-electron chi connectivity index (χ2n) is 6.35. The smallest absolute Gasteiger partial charge is 0.135 e. The molecule has 0 spiro atoms. The van der Waals surface area contributed by atoms with E-state index in [9.17, 15) is 13.9 Å². The maximum absolute atomic E-state index is 14.5. The third-order valence-corrected chi connectivity index (χ3v) is 4.44. The number of pyridine rings is 2. The molecule has 0 saturated carbocycles. The molecule has 0 saturated heterocycles. The van der Waals surface area contributed by atoms with Gasteiger partial charge in [0.1, 0.15) is 17.4 Å². The van der Waals surface area contributed by atoms with Crippen molar-refractivity contribution in [2.24, 2.45) is 0 Å². The molecule has 4 rings (SSSR count). The molecule has 138 valence electrons. The Morgan fingerprint density at radius 3 is 2.21 bits per heavy atom. The summed E-state index contributed by atoms with van der Waals surface area (Å²) in [4.78, 5) is 8.66. The van der Waals surface area contributed by atoms with E-state index in [1.807, 2.05) is 6.07 Å². The van der Waals surface area contributed by atoms with Crippen molar-refractivity contribution >= 4 is 0 Å². The van der Waals surface area contributed by atoms with E-state index in [-0.39, 0.29) is 16.9 Å². The quantitative estimate of drug-likeness (QED) is 0.521. The van der Waals surface area contributed by atoms with Gasteiger partial charge in [-0.1, -0.05) is 30.3 Å². The van der Waals surface area contributed by atoms with E-state index in [4.69, 9.17) is 0 Å². The van der Waals surface area contributed by atoms with Gasteiger partial charge >= 0.3 is 0 Å². The van der Waals surface area contributed by atoms with E-state index >= 15 is 0 Å². The Labute approximate surface area is 161 Å². The van der Waals surface area contributed by atoms with Crippen LogP contribution in [0.1, 0.15) is 11.3 Å². The largest absolute Gasteiger partial charge is 0.508 e. The van der Waals surface area contributed by atoms with Crippen LogP contribution >= 0.6 is 0 Å². The van der Waals surface area contributed by atoms with E-state index in [2.05, 4.69) is 9.97 Å². The molecule has 28 heavy (non-hydrogen) atoms. The molecule has 3 nitrogen and oxygen atoms in total. The maximum atomic E-state index is 14.5. The summed E-state index contributed by atoms with van der Waals surface area (Å²) < 4.78 is 28.8. The number of nitrogens with zero attached hydrogens (tertiary/aromatic N) is 2. The minimum atomic E-state index is -0.690. The first kappa shape index (κ1) is 17.8. The number of para-hydroxylation sites is 1. The van der Waals surface area contributed by atoms with Gasteiger partial charge in [0.25, 0.3) is 0 Å². The van der Waals surface area contributed by atoms with Crippen LogP contribution in [0, 0.1) is 11.6 Å². The lowest BCUT2D eigenvalue weighted by Gasteiger charge is -2.10. The molecule has 2 heterocycles. The normalized spacial score (nSPS) is 10.8. The molecular formula is C23H16F2N2O. The van der Waals surface area contributed by atoms with Crippen LogP contribution in [-0.2, 0) is 6.42 Å². The van der Waals surface area contributed by atoms with Crippen molar-refractivity contribution in [3.63, 3.8) is 0 Å². The molecule has 2 aromatic carbocycles. The summed E-state index contributed by atoms with van der Waals surface area (Å²) >= 11 is 0. The Balaban J connectivity index is 1.74. The minimum Gasteiger partial charge on any atom is -0.508 e. The molecule has 0 atom stereocenters. The Bertz CT molecular complexity index is 1130. The number of phenols is 1. The van der Waals surface area contributed by atoms with Crippen LogP contribution in [0.25, 0.3) is 22.5 Å². The molecule has 0 fully saturated rings. The number of aromatic nitrogens is 2. The van der Waals surface area contributed by atoms with Crippen LogP contribution in [0.15, 0.2) is 79.0 Å². The van der Waals surface area contributed by atoms with Crippen molar-refractivity contribution in [3.05, 3.63) is 102 Å². The molecule has 5 heteroatoms. The van der Waals surface area contributed by atoms with Gasteiger partial charge in [0, 0.05) is 35.5 Å². The fraction of sp³-hybridized carbons (Fsp3) is 0.0435. The fourth-order valence-electron chi connectivity index (χ4n) is 3.05. The van der Waals surface area contributed by atoms with Gasteiger partial charge in [-0.25, -0.2) is 8.78 Å². The zero-order chi connectivity index (χ0) is 19.5. The predicted octanol–water partition coefficient (Wildman–Crippen LogP) is 5.39.